The first-order valence-electron chi connectivity index (χ1n) is 11.9. The van der Waals surface area contributed by atoms with Crippen LogP contribution < -0.4 is 9.47 Å². The second-order valence-electron chi connectivity index (χ2n) is 9.92. The van der Waals surface area contributed by atoms with Gasteiger partial charge in [0.05, 0.1) is 42.5 Å². The van der Waals surface area contributed by atoms with Crippen molar-refractivity contribution in [3.8, 4) is 28.4 Å². The molecule has 1 saturated carbocycles. The lowest BCUT2D eigenvalue weighted by Gasteiger charge is -2.41. The molecule has 2 aromatic heterocycles. The third-order valence-corrected chi connectivity index (χ3v) is 9.94. The third-order valence-electron chi connectivity index (χ3n) is 6.99. The molecule has 2 aliphatic heterocycles. The second-order valence-corrected chi connectivity index (χ2v) is 12.9. The summed E-state index contributed by atoms with van der Waals surface area (Å²) in [6.07, 6.45) is 1.29. The van der Waals surface area contributed by atoms with Crippen molar-refractivity contribution in [1.82, 2.24) is 14.7 Å². The van der Waals surface area contributed by atoms with Gasteiger partial charge in [0.15, 0.2) is 15.5 Å². The molecule has 3 aliphatic rings. The standard InChI is InChI=1S/C25H27N3O6S2/c1-25(2)14-33-8-7-27(25)24(29)22-18-12-34-19-11-20(32-3)21(36(30,31)16-4-5-16)10-17(19)23(18)28(26-22)15-6-9-35-13-15/h6,9-11,13,16H,4-5,7-8,12,14H2,1-3H3. The van der Waals surface area contributed by atoms with Gasteiger partial charge in [0.1, 0.15) is 23.0 Å². The van der Waals surface area contributed by atoms with Crippen LogP contribution in [-0.2, 0) is 21.2 Å². The van der Waals surface area contributed by atoms with Crippen molar-refractivity contribution in [1.29, 1.82) is 0 Å². The Balaban J connectivity index is 1.55. The molecule has 2 fully saturated rings. The van der Waals surface area contributed by atoms with Crippen molar-refractivity contribution >= 4 is 27.1 Å². The monoisotopic (exact) mass is 529 g/mol. The number of hydrogen-bond acceptors (Lipinski definition) is 8. The van der Waals surface area contributed by atoms with Crippen molar-refractivity contribution in [3.05, 3.63) is 40.2 Å². The Labute approximate surface area is 213 Å². The average molecular weight is 530 g/mol. The number of aromatic nitrogens is 2. The molecular weight excluding hydrogens is 502 g/mol. The van der Waals surface area contributed by atoms with Crippen LogP contribution in [0.3, 0.4) is 0 Å². The van der Waals surface area contributed by atoms with Crippen molar-refractivity contribution in [3.63, 3.8) is 0 Å². The lowest BCUT2D eigenvalue weighted by atomic mass is 9.99. The van der Waals surface area contributed by atoms with Gasteiger partial charge in [0.25, 0.3) is 5.91 Å². The first kappa shape index (κ1) is 23.5. The molecule has 0 radical (unpaired) electrons. The van der Waals surface area contributed by atoms with Crippen LogP contribution in [0.2, 0.25) is 0 Å². The minimum atomic E-state index is -3.55. The number of methoxy groups -OCH3 is 1. The van der Waals surface area contributed by atoms with Gasteiger partial charge in [0.2, 0.25) is 0 Å². The molecule has 1 aromatic carbocycles. The predicted molar refractivity (Wildman–Crippen MR) is 134 cm³/mol. The number of sulfone groups is 1. The van der Waals surface area contributed by atoms with E-state index >= 15 is 0 Å². The summed E-state index contributed by atoms with van der Waals surface area (Å²) < 4.78 is 45.4. The van der Waals surface area contributed by atoms with Crippen LogP contribution in [0.15, 0.2) is 33.9 Å². The molecule has 0 atom stereocenters. The molecule has 0 unspecified atom stereocenters. The van der Waals surface area contributed by atoms with Crippen LogP contribution in [0.1, 0.15) is 42.7 Å². The molecule has 0 spiro atoms. The molecule has 1 aliphatic carbocycles. The topological polar surface area (TPSA) is 100.0 Å². The number of rotatable bonds is 5. The van der Waals surface area contributed by atoms with Crippen LogP contribution in [0, 0.1) is 0 Å². The summed E-state index contributed by atoms with van der Waals surface area (Å²) in [6.45, 7) is 5.44. The number of amides is 1. The first-order chi connectivity index (χ1) is 17.2. The zero-order chi connectivity index (χ0) is 25.2. The molecule has 6 rings (SSSR count). The second kappa shape index (κ2) is 8.32. The van der Waals surface area contributed by atoms with E-state index in [2.05, 4.69) is 0 Å². The minimum Gasteiger partial charge on any atom is -0.495 e. The van der Waals surface area contributed by atoms with Crippen LogP contribution in [-0.4, -0.2) is 66.7 Å². The maximum Gasteiger partial charge on any atom is 0.275 e. The highest BCUT2D eigenvalue weighted by Crippen LogP contribution is 2.47. The largest absolute Gasteiger partial charge is 0.495 e. The number of fused-ring (bicyclic) bond motifs is 3. The van der Waals surface area contributed by atoms with Crippen molar-refractivity contribution in [2.24, 2.45) is 0 Å². The highest BCUT2D eigenvalue weighted by molar-refractivity contribution is 7.92. The van der Waals surface area contributed by atoms with Crippen LogP contribution >= 0.6 is 11.3 Å². The number of carbonyl (C=O) groups is 1. The van der Waals surface area contributed by atoms with Gasteiger partial charge in [-0.25, -0.2) is 13.1 Å². The fourth-order valence-corrected chi connectivity index (χ4v) is 7.33. The number of ether oxygens (including phenoxy) is 3. The zero-order valence-corrected chi connectivity index (χ0v) is 21.9. The summed E-state index contributed by atoms with van der Waals surface area (Å²) in [4.78, 5) is 15.8. The fraction of sp³-hybridized carbons (Fsp3) is 0.440. The van der Waals surface area contributed by atoms with Gasteiger partial charge in [-0.05, 0) is 44.2 Å². The van der Waals surface area contributed by atoms with E-state index in [9.17, 15) is 13.2 Å². The van der Waals surface area contributed by atoms with E-state index in [1.165, 1.54) is 18.4 Å². The summed E-state index contributed by atoms with van der Waals surface area (Å²) in [5, 5.41) is 8.28. The van der Waals surface area contributed by atoms with E-state index in [1.54, 1.807) is 21.7 Å². The SMILES string of the molecule is COc1cc2c(cc1S(=O)(=O)C1CC1)-c1c(c(C(=O)N3CCOCC3(C)C)nn1-c1ccsc1)CO2. The van der Waals surface area contributed by atoms with Gasteiger partial charge in [-0.3, -0.25) is 4.79 Å². The molecule has 1 saturated heterocycles. The first-order valence-corrected chi connectivity index (χ1v) is 14.3. The number of morpholine rings is 1. The maximum atomic E-state index is 13.8. The Morgan fingerprint density at radius 2 is 2.08 bits per heavy atom. The van der Waals surface area contributed by atoms with Gasteiger partial charge in [-0.1, -0.05) is 0 Å². The smallest absolute Gasteiger partial charge is 0.275 e. The average Bonchev–Trinajstić information content (AvgIpc) is 3.45. The van der Waals surface area contributed by atoms with Crippen molar-refractivity contribution in [2.45, 2.75) is 49.0 Å². The highest BCUT2D eigenvalue weighted by atomic mass is 32.2. The Bertz CT molecular complexity index is 1460. The van der Waals surface area contributed by atoms with Crippen LogP contribution in [0.25, 0.3) is 16.9 Å². The Kier molecular flexibility index (Phi) is 5.43. The van der Waals surface area contributed by atoms with Gasteiger partial charge >= 0.3 is 0 Å². The summed E-state index contributed by atoms with van der Waals surface area (Å²) in [6, 6.07) is 5.17. The van der Waals surface area contributed by atoms with Crippen molar-refractivity contribution < 1.29 is 27.4 Å². The maximum absolute atomic E-state index is 13.8. The lowest BCUT2D eigenvalue weighted by Crippen LogP contribution is -2.55. The molecule has 0 N–H and O–H groups in total. The number of nitrogens with zero attached hydrogens (tertiary/aromatic N) is 3. The Morgan fingerprint density at radius 3 is 2.75 bits per heavy atom. The molecule has 0 bridgehead atoms. The molecular formula is C25H27N3O6S2. The molecule has 36 heavy (non-hydrogen) atoms. The summed E-state index contributed by atoms with van der Waals surface area (Å²) >= 11 is 1.52. The molecule has 190 valence electrons. The third kappa shape index (κ3) is 3.63. The van der Waals surface area contributed by atoms with E-state index in [1.807, 2.05) is 30.7 Å². The van der Waals surface area contributed by atoms with E-state index in [0.29, 0.717) is 60.9 Å². The summed E-state index contributed by atoms with van der Waals surface area (Å²) in [5.41, 5.74) is 2.50. The van der Waals surface area contributed by atoms with Gasteiger partial charge < -0.3 is 19.1 Å². The molecule has 11 heteroatoms. The number of benzene rings is 1. The van der Waals surface area contributed by atoms with Crippen LogP contribution in [0.4, 0.5) is 0 Å². The molecule has 4 heterocycles. The Morgan fingerprint density at radius 1 is 1.28 bits per heavy atom. The summed E-state index contributed by atoms with van der Waals surface area (Å²) in [7, 11) is -2.09. The molecule has 3 aromatic rings. The van der Waals surface area contributed by atoms with Gasteiger partial charge in [-0.2, -0.15) is 16.4 Å². The number of carbonyl (C=O) groups excluding carboxylic acids is 1. The van der Waals surface area contributed by atoms with Gasteiger partial charge in [-0.15, -0.1) is 0 Å². The quantitative estimate of drug-likeness (QED) is 0.497. The highest BCUT2D eigenvalue weighted by Gasteiger charge is 2.42. The van der Waals surface area contributed by atoms with Gasteiger partial charge in [0, 0.05) is 29.1 Å². The zero-order valence-electron chi connectivity index (χ0n) is 20.3. The molecule has 1 amide bonds. The normalized spacial score (nSPS) is 18.8. The summed E-state index contributed by atoms with van der Waals surface area (Å²) in [5.74, 6) is 0.563. The minimum absolute atomic E-state index is 0.135. The van der Waals surface area contributed by atoms with E-state index in [4.69, 9.17) is 19.3 Å². The van der Waals surface area contributed by atoms with E-state index in [0.717, 1.165) is 5.69 Å². The van der Waals surface area contributed by atoms with Crippen molar-refractivity contribution in [2.75, 3.05) is 26.9 Å². The lowest BCUT2D eigenvalue weighted by molar-refractivity contribution is -0.0374. The van der Waals surface area contributed by atoms with Crippen LogP contribution in [0.5, 0.6) is 11.5 Å². The van der Waals surface area contributed by atoms with E-state index in [-0.39, 0.29) is 23.2 Å². The number of hydrogen-bond donors (Lipinski definition) is 0. The number of thiophene rings is 1. The molecule has 9 nitrogen and oxygen atoms in total. The fourth-order valence-electron chi connectivity index (χ4n) is 4.90. The van der Waals surface area contributed by atoms with E-state index < -0.39 is 20.6 Å². The Hall–Kier alpha value is -2.89. The predicted octanol–water partition coefficient (Wildman–Crippen LogP) is 3.69.